The van der Waals surface area contributed by atoms with E-state index in [2.05, 4.69) is 6.58 Å². The molecular formula is C16H30O7. The van der Waals surface area contributed by atoms with Gasteiger partial charge in [0, 0.05) is 0 Å². The van der Waals surface area contributed by atoms with E-state index in [1.165, 1.54) is 6.08 Å². The molecule has 0 aromatic heterocycles. The molecule has 0 spiro atoms. The first-order valence-corrected chi connectivity index (χ1v) is 8.00. The molecule has 1 heterocycles. The van der Waals surface area contributed by atoms with E-state index in [1.807, 2.05) is 6.92 Å². The monoisotopic (exact) mass is 334 g/mol. The fourth-order valence-corrected chi connectivity index (χ4v) is 2.46. The van der Waals surface area contributed by atoms with Gasteiger partial charge in [-0.25, -0.2) is 0 Å². The van der Waals surface area contributed by atoms with Gasteiger partial charge in [-0.3, -0.25) is 0 Å². The van der Waals surface area contributed by atoms with Crippen LogP contribution in [-0.4, -0.2) is 75.1 Å². The maximum atomic E-state index is 9.86. The molecule has 5 N–H and O–H groups in total. The van der Waals surface area contributed by atoms with Crippen LogP contribution < -0.4 is 0 Å². The lowest BCUT2D eigenvalue weighted by Gasteiger charge is -2.39. The molecule has 1 fully saturated rings. The molecule has 1 rings (SSSR count). The molecule has 1 aliphatic heterocycles. The van der Waals surface area contributed by atoms with E-state index in [0.717, 1.165) is 12.8 Å². The van der Waals surface area contributed by atoms with Gasteiger partial charge in [0.05, 0.1) is 18.8 Å². The largest absolute Gasteiger partial charge is 0.394 e. The first-order valence-electron chi connectivity index (χ1n) is 8.00. The highest BCUT2D eigenvalue weighted by molar-refractivity contribution is 4.91. The summed E-state index contributed by atoms with van der Waals surface area (Å²) in [7, 11) is 0. The van der Waals surface area contributed by atoms with Crippen molar-refractivity contribution in [2.45, 2.75) is 69.4 Å². The second kappa shape index (κ2) is 9.08. The Hall–Kier alpha value is -0.540. The SMILES string of the molecule is C=C[C@@](C)(O)CCC[C@@H](C)CO[C@@H]1O[C@H](CO)[C@@H](O)[C@H](O)[C@H]1O. The molecule has 0 bridgehead atoms. The van der Waals surface area contributed by atoms with E-state index in [4.69, 9.17) is 14.6 Å². The highest BCUT2D eigenvalue weighted by Crippen LogP contribution is 2.23. The highest BCUT2D eigenvalue weighted by Gasteiger charge is 2.44. The van der Waals surface area contributed by atoms with Crippen LogP contribution in [0, 0.1) is 5.92 Å². The van der Waals surface area contributed by atoms with Crippen molar-refractivity contribution in [3.05, 3.63) is 12.7 Å². The first kappa shape index (κ1) is 20.5. The van der Waals surface area contributed by atoms with Gasteiger partial charge in [-0.05, 0) is 32.1 Å². The van der Waals surface area contributed by atoms with Crippen molar-refractivity contribution in [3.8, 4) is 0 Å². The second-order valence-electron chi connectivity index (χ2n) is 6.59. The summed E-state index contributed by atoms with van der Waals surface area (Å²) in [4.78, 5) is 0. The van der Waals surface area contributed by atoms with Crippen LogP contribution in [0.25, 0.3) is 0 Å². The molecule has 0 aromatic carbocycles. The second-order valence-corrected chi connectivity index (χ2v) is 6.59. The molecule has 7 heteroatoms. The minimum atomic E-state index is -1.43. The van der Waals surface area contributed by atoms with Crippen molar-refractivity contribution in [1.82, 2.24) is 0 Å². The zero-order chi connectivity index (χ0) is 17.6. The maximum Gasteiger partial charge on any atom is 0.186 e. The molecule has 1 aliphatic rings. The third-order valence-electron chi connectivity index (χ3n) is 4.21. The summed E-state index contributed by atoms with van der Waals surface area (Å²) in [5.41, 5.74) is -0.877. The zero-order valence-corrected chi connectivity index (χ0v) is 13.8. The summed E-state index contributed by atoms with van der Waals surface area (Å²) < 4.78 is 10.8. The lowest BCUT2D eigenvalue weighted by Crippen LogP contribution is -2.59. The van der Waals surface area contributed by atoms with E-state index in [1.54, 1.807) is 6.92 Å². The normalized spacial score (nSPS) is 35.5. The van der Waals surface area contributed by atoms with Gasteiger partial charge in [-0.2, -0.15) is 0 Å². The average molecular weight is 334 g/mol. The van der Waals surface area contributed by atoms with Crippen LogP contribution in [0.5, 0.6) is 0 Å². The van der Waals surface area contributed by atoms with E-state index in [0.29, 0.717) is 13.0 Å². The van der Waals surface area contributed by atoms with Crippen molar-refractivity contribution in [3.63, 3.8) is 0 Å². The number of aliphatic hydroxyl groups excluding tert-OH is 4. The summed E-state index contributed by atoms with van der Waals surface area (Å²) in [6.07, 6.45) is -2.53. The van der Waals surface area contributed by atoms with Gasteiger partial charge in [0.25, 0.3) is 0 Å². The van der Waals surface area contributed by atoms with Gasteiger partial charge in [0.15, 0.2) is 6.29 Å². The van der Waals surface area contributed by atoms with Crippen LogP contribution in [0.4, 0.5) is 0 Å². The summed E-state index contributed by atoms with van der Waals surface area (Å²) in [5, 5.41) is 48.2. The van der Waals surface area contributed by atoms with Crippen LogP contribution in [0.15, 0.2) is 12.7 Å². The standard InChI is InChI=1S/C16H30O7/c1-4-16(3,21)7-5-6-10(2)9-22-15-14(20)13(19)12(18)11(8-17)23-15/h4,10-15,17-21H,1,5-9H2,2-3H3/t10-,11-,12-,13+,14-,15-,16-/m1/s1. The van der Waals surface area contributed by atoms with Crippen molar-refractivity contribution < 1.29 is 35.0 Å². The number of rotatable bonds is 9. The lowest BCUT2D eigenvalue weighted by atomic mass is 9.96. The van der Waals surface area contributed by atoms with Crippen LogP contribution in [0.3, 0.4) is 0 Å². The van der Waals surface area contributed by atoms with Gasteiger partial charge in [-0.1, -0.05) is 13.0 Å². The Kier molecular flexibility index (Phi) is 8.09. The zero-order valence-electron chi connectivity index (χ0n) is 13.8. The van der Waals surface area contributed by atoms with Crippen molar-refractivity contribution in [2.75, 3.05) is 13.2 Å². The minimum absolute atomic E-state index is 0.156. The lowest BCUT2D eigenvalue weighted by molar-refractivity contribution is -0.303. The summed E-state index contributed by atoms with van der Waals surface area (Å²) >= 11 is 0. The van der Waals surface area contributed by atoms with Crippen LogP contribution in [-0.2, 0) is 9.47 Å². The summed E-state index contributed by atoms with van der Waals surface area (Å²) in [5.74, 6) is 0.156. The minimum Gasteiger partial charge on any atom is -0.394 e. The Bertz CT molecular complexity index is 358. The van der Waals surface area contributed by atoms with E-state index in [9.17, 15) is 20.4 Å². The maximum absolute atomic E-state index is 9.86. The van der Waals surface area contributed by atoms with Gasteiger partial charge in [-0.15, -0.1) is 6.58 Å². The summed E-state index contributed by atoms with van der Waals surface area (Å²) in [6, 6.07) is 0. The Morgan fingerprint density at radius 2 is 1.91 bits per heavy atom. The van der Waals surface area contributed by atoms with Crippen molar-refractivity contribution in [2.24, 2.45) is 5.92 Å². The van der Waals surface area contributed by atoms with Gasteiger partial charge in [0.1, 0.15) is 24.4 Å². The van der Waals surface area contributed by atoms with Gasteiger partial charge in [0.2, 0.25) is 0 Å². The van der Waals surface area contributed by atoms with E-state index >= 15 is 0 Å². The molecular weight excluding hydrogens is 304 g/mol. The molecule has 7 atom stereocenters. The molecule has 136 valence electrons. The topological polar surface area (TPSA) is 120 Å². The Morgan fingerprint density at radius 3 is 2.48 bits per heavy atom. The summed E-state index contributed by atoms with van der Waals surface area (Å²) in [6.45, 7) is 7.06. The van der Waals surface area contributed by atoms with Crippen molar-refractivity contribution >= 4 is 0 Å². The van der Waals surface area contributed by atoms with Crippen LogP contribution in [0.1, 0.15) is 33.1 Å². The fourth-order valence-electron chi connectivity index (χ4n) is 2.46. The van der Waals surface area contributed by atoms with Crippen LogP contribution >= 0.6 is 0 Å². The first-order chi connectivity index (χ1) is 10.7. The molecule has 1 saturated heterocycles. The number of aliphatic hydroxyl groups is 5. The Morgan fingerprint density at radius 1 is 1.26 bits per heavy atom. The quantitative estimate of drug-likeness (QED) is 0.362. The molecule has 23 heavy (non-hydrogen) atoms. The van der Waals surface area contributed by atoms with Gasteiger partial charge < -0.3 is 35.0 Å². The predicted molar refractivity (Wildman–Crippen MR) is 83.6 cm³/mol. The average Bonchev–Trinajstić information content (AvgIpc) is 2.52. The van der Waals surface area contributed by atoms with Crippen molar-refractivity contribution in [1.29, 1.82) is 0 Å². The molecule has 0 aliphatic carbocycles. The third-order valence-corrected chi connectivity index (χ3v) is 4.21. The highest BCUT2D eigenvalue weighted by atomic mass is 16.7. The third kappa shape index (κ3) is 6.11. The Balaban J connectivity index is 2.37. The number of hydrogen-bond donors (Lipinski definition) is 5. The molecule has 0 amide bonds. The molecule has 0 unspecified atom stereocenters. The fraction of sp³-hybridized carbons (Fsp3) is 0.875. The molecule has 7 nitrogen and oxygen atoms in total. The smallest absolute Gasteiger partial charge is 0.186 e. The predicted octanol–water partition coefficient (Wildman–Crippen LogP) is -0.454. The van der Waals surface area contributed by atoms with Crippen LogP contribution in [0.2, 0.25) is 0 Å². The Labute approximate surface area is 137 Å². The molecule has 0 radical (unpaired) electrons. The van der Waals surface area contributed by atoms with Gasteiger partial charge >= 0.3 is 0 Å². The van der Waals surface area contributed by atoms with E-state index < -0.39 is 42.9 Å². The van der Waals surface area contributed by atoms with E-state index in [-0.39, 0.29) is 5.92 Å². The number of ether oxygens (including phenoxy) is 2. The number of hydrogen-bond acceptors (Lipinski definition) is 7. The molecule has 0 saturated carbocycles. The molecule has 0 aromatic rings.